The van der Waals surface area contributed by atoms with E-state index in [1.165, 1.54) is 16.8 Å². The summed E-state index contributed by atoms with van der Waals surface area (Å²) in [5, 5.41) is 3.53. The lowest BCUT2D eigenvalue weighted by atomic mass is 10.1. The first-order chi connectivity index (χ1) is 12.1. The summed E-state index contributed by atoms with van der Waals surface area (Å²) in [6.45, 7) is 8.29. The Kier molecular flexibility index (Phi) is 4.40. The monoisotopic (exact) mass is 337 g/mol. The summed E-state index contributed by atoms with van der Waals surface area (Å²) in [5.74, 6) is 0. The van der Waals surface area contributed by atoms with E-state index in [1.807, 2.05) is 0 Å². The normalized spacial score (nSPS) is 23.6. The molecule has 2 aliphatic heterocycles. The highest BCUT2D eigenvalue weighted by atomic mass is 16.5. The number of rotatable bonds is 3. The molecule has 4 nitrogen and oxygen atoms in total. The SMILES string of the molecule is CC1CN(c2ccc(Nc3ccc4c(c3)CN(C)C4)cc2)CC(C)O1. The lowest BCUT2D eigenvalue weighted by Crippen LogP contribution is -2.45. The fraction of sp³-hybridized carbons (Fsp3) is 0.429. The van der Waals surface area contributed by atoms with Gasteiger partial charge in [-0.1, -0.05) is 6.07 Å². The summed E-state index contributed by atoms with van der Waals surface area (Å²) in [4.78, 5) is 4.75. The molecule has 4 heteroatoms. The van der Waals surface area contributed by atoms with Crippen LogP contribution in [0.4, 0.5) is 17.1 Å². The van der Waals surface area contributed by atoms with Crippen LogP contribution in [0.1, 0.15) is 25.0 Å². The number of fused-ring (bicyclic) bond motifs is 1. The highest BCUT2D eigenvalue weighted by molar-refractivity contribution is 5.64. The van der Waals surface area contributed by atoms with E-state index in [-0.39, 0.29) is 12.2 Å². The maximum Gasteiger partial charge on any atom is 0.0726 e. The zero-order chi connectivity index (χ0) is 17.4. The summed E-state index contributed by atoms with van der Waals surface area (Å²) in [7, 11) is 2.17. The molecule has 0 spiro atoms. The molecule has 2 aliphatic rings. The Hall–Kier alpha value is -2.04. The third-order valence-corrected chi connectivity index (χ3v) is 5.03. The first kappa shape index (κ1) is 16.4. The van der Waals surface area contributed by atoms with Crippen molar-refractivity contribution in [1.82, 2.24) is 4.90 Å². The number of hydrogen-bond donors (Lipinski definition) is 1. The van der Waals surface area contributed by atoms with E-state index in [0.29, 0.717) is 0 Å². The van der Waals surface area contributed by atoms with Gasteiger partial charge in [-0.05, 0) is 68.4 Å². The molecular formula is C21H27N3O. The van der Waals surface area contributed by atoms with Crippen molar-refractivity contribution in [3.8, 4) is 0 Å². The maximum absolute atomic E-state index is 5.83. The average Bonchev–Trinajstić information content (AvgIpc) is 2.94. The van der Waals surface area contributed by atoms with Crippen LogP contribution in [0.2, 0.25) is 0 Å². The molecule has 2 unspecified atom stereocenters. The topological polar surface area (TPSA) is 27.7 Å². The number of benzene rings is 2. The van der Waals surface area contributed by atoms with Crippen LogP contribution in [0.25, 0.3) is 0 Å². The van der Waals surface area contributed by atoms with Crippen molar-refractivity contribution >= 4 is 17.1 Å². The third kappa shape index (κ3) is 3.65. The van der Waals surface area contributed by atoms with Crippen LogP contribution >= 0.6 is 0 Å². The van der Waals surface area contributed by atoms with Gasteiger partial charge >= 0.3 is 0 Å². The van der Waals surface area contributed by atoms with E-state index in [4.69, 9.17) is 4.74 Å². The lowest BCUT2D eigenvalue weighted by Gasteiger charge is -2.36. The summed E-state index contributed by atoms with van der Waals surface area (Å²) in [6, 6.07) is 15.4. The molecule has 25 heavy (non-hydrogen) atoms. The lowest BCUT2D eigenvalue weighted by molar-refractivity contribution is -0.00521. The van der Waals surface area contributed by atoms with Gasteiger partial charge in [-0.3, -0.25) is 4.90 Å². The Morgan fingerprint density at radius 3 is 2.24 bits per heavy atom. The third-order valence-electron chi connectivity index (χ3n) is 5.03. The van der Waals surface area contributed by atoms with E-state index in [2.05, 4.69) is 78.5 Å². The summed E-state index contributed by atoms with van der Waals surface area (Å²) < 4.78 is 5.83. The van der Waals surface area contributed by atoms with Crippen molar-refractivity contribution in [3.05, 3.63) is 53.6 Å². The molecule has 132 valence electrons. The Morgan fingerprint density at radius 2 is 1.52 bits per heavy atom. The van der Waals surface area contributed by atoms with E-state index >= 15 is 0 Å². The van der Waals surface area contributed by atoms with Gasteiger partial charge in [0.1, 0.15) is 0 Å². The minimum absolute atomic E-state index is 0.283. The molecule has 0 aromatic heterocycles. The van der Waals surface area contributed by atoms with Crippen LogP contribution in [0.5, 0.6) is 0 Å². The molecule has 0 aliphatic carbocycles. The molecule has 2 heterocycles. The Bertz CT molecular complexity index is 733. The van der Waals surface area contributed by atoms with Crippen molar-refractivity contribution in [2.24, 2.45) is 0 Å². The van der Waals surface area contributed by atoms with E-state index in [0.717, 1.165) is 37.6 Å². The fourth-order valence-electron chi connectivity index (χ4n) is 3.95. The minimum Gasteiger partial charge on any atom is -0.372 e. The van der Waals surface area contributed by atoms with Crippen LogP contribution in [-0.4, -0.2) is 37.2 Å². The van der Waals surface area contributed by atoms with Crippen molar-refractivity contribution in [1.29, 1.82) is 0 Å². The second-order valence-corrected chi connectivity index (χ2v) is 7.49. The van der Waals surface area contributed by atoms with E-state index < -0.39 is 0 Å². The standard InChI is InChI=1S/C21H27N3O/c1-15-11-24(12-16(2)25-15)21-8-6-19(7-9-21)22-20-5-4-17-13-23(3)14-18(17)10-20/h4-10,15-16,22H,11-14H2,1-3H3. The quantitative estimate of drug-likeness (QED) is 0.916. The highest BCUT2D eigenvalue weighted by Crippen LogP contribution is 2.28. The number of ether oxygens (including phenoxy) is 1. The molecule has 0 amide bonds. The van der Waals surface area contributed by atoms with Crippen LogP contribution in [0.15, 0.2) is 42.5 Å². The zero-order valence-electron chi connectivity index (χ0n) is 15.3. The van der Waals surface area contributed by atoms with Crippen molar-refractivity contribution in [2.45, 2.75) is 39.1 Å². The Morgan fingerprint density at radius 1 is 0.880 bits per heavy atom. The predicted molar refractivity (Wildman–Crippen MR) is 104 cm³/mol. The highest BCUT2D eigenvalue weighted by Gasteiger charge is 2.22. The molecule has 1 saturated heterocycles. The van der Waals surface area contributed by atoms with Gasteiger partial charge in [0.05, 0.1) is 12.2 Å². The van der Waals surface area contributed by atoms with Crippen LogP contribution in [0.3, 0.4) is 0 Å². The molecule has 4 rings (SSSR count). The van der Waals surface area contributed by atoms with Crippen molar-refractivity contribution < 1.29 is 4.74 Å². The number of hydrogen-bond acceptors (Lipinski definition) is 4. The fourth-order valence-corrected chi connectivity index (χ4v) is 3.95. The zero-order valence-corrected chi connectivity index (χ0v) is 15.3. The minimum atomic E-state index is 0.283. The predicted octanol–water partition coefficient (Wildman–Crippen LogP) is 3.99. The van der Waals surface area contributed by atoms with Crippen LogP contribution in [-0.2, 0) is 17.8 Å². The second-order valence-electron chi connectivity index (χ2n) is 7.49. The number of anilines is 3. The molecule has 0 saturated carbocycles. The molecular weight excluding hydrogens is 310 g/mol. The summed E-state index contributed by atoms with van der Waals surface area (Å²) in [6.07, 6.45) is 0.567. The van der Waals surface area contributed by atoms with Gasteiger partial charge < -0.3 is 15.0 Å². The van der Waals surface area contributed by atoms with Gasteiger partial charge in [0, 0.05) is 43.2 Å². The smallest absolute Gasteiger partial charge is 0.0726 e. The molecule has 0 radical (unpaired) electrons. The van der Waals surface area contributed by atoms with Crippen molar-refractivity contribution in [2.75, 3.05) is 30.4 Å². The second kappa shape index (κ2) is 6.70. The maximum atomic E-state index is 5.83. The van der Waals surface area contributed by atoms with Gasteiger partial charge in [0.2, 0.25) is 0 Å². The van der Waals surface area contributed by atoms with Gasteiger partial charge in [-0.2, -0.15) is 0 Å². The average molecular weight is 337 g/mol. The van der Waals surface area contributed by atoms with Crippen LogP contribution in [0, 0.1) is 0 Å². The molecule has 2 aromatic rings. The molecule has 1 N–H and O–H groups in total. The number of morpholine rings is 1. The first-order valence-electron chi connectivity index (χ1n) is 9.14. The van der Waals surface area contributed by atoms with Gasteiger partial charge in [0.25, 0.3) is 0 Å². The number of nitrogens with one attached hydrogen (secondary N) is 1. The molecule has 0 bridgehead atoms. The van der Waals surface area contributed by atoms with E-state index in [9.17, 15) is 0 Å². The largest absolute Gasteiger partial charge is 0.372 e. The van der Waals surface area contributed by atoms with Crippen LogP contribution < -0.4 is 10.2 Å². The Labute approximate surface area is 150 Å². The first-order valence-corrected chi connectivity index (χ1v) is 9.14. The Balaban J connectivity index is 1.45. The summed E-state index contributed by atoms with van der Waals surface area (Å²) in [5.41, 5.74) is 6.43. The van der Waals surface area contributed by atoms with Crippen molar-refractivity contribution in [3.63, 3.8) is 0 Å². The van der Waals surface area contributed by atoms with Gasteiger partial charge in [-0.25, -0.2) is 0 Å². The molecule has 1 fully saturated rings. The van der Waals surface area contributed by atoms with E-state index in [1.54, 1.807) is 0 Å². The molecule has 2 aromatic carbocycles. The van der Waals surface area contributed by atoms with Gasteiger partial charge in [0.15, 0.2) is 0 Å². The van der Waals surface area contributed by atoms with Gasteiger partial charge in [-0.15, -0.1) is 0 Å². The summed E-state index contributed by atoms with van der Waals surface area (Å²) >= 11 is 0. The molecule has 2 atom stereocenters. The number of nitrogens with zero attached hydrogens (tertiary/aromatic N) is 2.